The zero-order valence-corrected chi connectivity index (χ0v) is 21.0. The highest BCUT2D eigenvalue weighted by Crippen LogP contribution is 2.89. The third-order valence-electron chi connectivity index (χ3n) is 12.3. The molecular formula is C29H46O2. The average molecular weight is 427 g/mol. The minimum Gasteiger partial charge on any atom is -0.495 e. The first kappa shape index (κ1) is 21.1. The second-order valence-corrected chi connectivity index (χ2v) is 14.3. The first-order chi connectivity index (χ1) is 14.5. The quantitative estimate of drug-likeness (QED) is 0.503. The van der Waals surface area contributed by atoms with Crippen molar-refractivity contribution in [1.29, 1.82) is 0 Å². The van der Waals surface area contributed by atoms with Crippen LogP contribution in [0.3, 0.4) is 0 Å². The minimum atomic E-state index is -0.635. The van der Waals surface area contributed by atoms with Crippen molar-refractivity contribution in [3.63, 3.8) is 0 Å². The van der Waals surface area contributed by atoms with Gasteiger partial charge < -0.3 is 9.84 Å². The van der Waals surface area contributed by atoms with Gasteiger partial charge in [0.25, 0.3) is 0 Å². The van der Waals surface area contributed by atoms with Crippen molar-refractivity contribution in [1.82, 2.24) is 0 Å². The fraction of sp³-hybridized carbons (Fsp3) is 0.931. The van der Waals surface area contributed by atoms with E-state index in [4.69, 9.17) is 4.74 Å². The molecule has 0 aromatic rings. The van der Waals surface area contributed by atoms with Crippen LogP contribution in [0, 0.1) is 45.3 Å². The maximum atomic E-state index is 10.3. The standard InChI is InChI=1S/C29H46O2/c1-18-28-15-14-27(6)21-9-8-19(17-26(4,5)30)31-23(21)16-22(27)20(28)10-11-24-25(2,3)12-7-13-29(18,24)28/h18-20,22,24,30H,7-17H2,1-6H3/t18-,19+,20-,22?,24?,27+,28-,29?/m0/s1. The molecule has 1 aliphatic heterocycles. The normalized spacial score (nSPS) is 52.3. The zero-order chi connectivity index (χ0) is 22.0. The topological polar surface area (TPSA) is 29.5 Å². The number of hydrogen-bond donors (Lipinski definition) is 1. The van der Waals surface area contributed by atoms with Gasteiger partial charge in [0, 0.05) is 12.8 Å². The van der Waals surface area contributed by atoms with Gasteiger partial charge in [-0.05, 0) is 116 Å². The summed E-state index contributed by atoms with van der Waals surface area (Å²) in [5.74, 6) is 4.97. The molecule has 31 heavy (non-hydrogen) atoms. The van der Waals surface area contributed by atoms with Crippen molar-refractivity contribution in [2.75, 3.05) is 0 Å². The Balaban J connectivity index is 1.30. The van der Waals surface area contributed by atoms with Crippen molar-refractivity contribution in [2.45, 2.75) is 124 Å². The summed E-state index contributed by atoms with van der Waals surface area (Å²) in [7, 11) is 0. The van der Waals surface area contributed by atoms with Crippen LogP contribution in [0.15, 0.2) is 11.3 Å². The van der Waals surface area contributed by atoms with Gasteiger partial charge in [-0.25, -0.2) is 0 Å². The van der Waals surface area contributed by atoms with E-state index < -0.39 is 5.60 Å². The highest BCUT2D eigenvalue weighted by atomic mass is 16.5. The molecule has 0 saturated heterocycles. The van der Waals surface area contributed by atoms with E-state index in [2.05, 4.69) is 27.7 Å². The summed E-state index contributed by atoms with van der Waals surface area (Å²) < 4.78 is 6.65. The SMILES string of the molecule is C[C@@H]1C23CCCC(C)(C)C2CC[C@H]2C4CC5=C(CC[C@H](CC(C)(C)O)O5)[C@@]4(C)CC[C@]123. The lowest BCUT2D eigenvalue weighted by molar-refractivity contribution is -0.0811. The Morgan fingerprint density at radius 3 is 2.48 bits per heavy atom. The molecule has 0 aromatic heterocycles. The van der Waals surface area contributed by atoms with Crippen LogP contribution in [-0.4, -0.2) is 16.8 Å². The second-order valence-electron chi connectivity index (χ2n) is 14.3. The van der Waals surface area contributed by atoms with Crippen LogP contribution < -0.4 is 0 Å². The van der Waals surface area contributed by atoms with E-state index in [-0.39, 0.29) is 6.10 Å². The molecule has 2 nitrogen and oxygen atoms in total. The number of aliphatic hydroxyl groups is 1. The lowest BCUT2D eigenvalue weighted by atomic mass is 9.46. The maximum Gasteiger partial charge on any atom is 0.101 e. The molecule has 2 spiro atoms. The van der Waals surface area contributed by atoms with Gasteiger partial charge in [-0.3, -0.25) is 0 Å². The van der Waals surface area contributed by atoms with Gasteiger partial charge in [0.2, 0.25) is 0 Å². The zero-order valence-electron chi connectivity index (χ0n) is 21.0. The Hall–Kier alpha value is -0.500. The van der Waals surface area contributed by atoms with Crippen molar-refractivity contribution < 1.29 is 9.84 Å². The van der Waals surface area contributed by atoms with Crippen molar-refractivity contribution in [3.05, 3.63) is 11.3 Å². The molecule has 6 rings (SSSR count). The third-order valence-corrected chi connectivity index (χ3v) is 12.3. The predicted octanol–water partition coefficient (Wildman–Crippen LogP) is 7.26. The van der Waals surface area contributed by atoms with E-state index in [1.54, 1.807) is 5.57 Å². The molecule has 0 amide bonds. The summed E-state index contributed by atoms with van der Waals surface area (Å²) in [4.78, 5) is 0. The Bertz CT molecular complexity index is 817. The van der Waals surface area contributed by atoms with E-state index in [0.29, 0.717) is 21.7 Å². The van der Waals surface area contributed by atoms with Gasteiger partial charge >= 0.3 is 0 Å². The predicted molar refractivity (Wildman–Crippen MR) is 125 cm³/mol. The molecular weight excluding hydrogens is 380 g/mol. The Labute approximate surface area is 190 Å². The summed E-state index contributed by atoms with van der Waals surface area (Å²) in [6.07, 6.45) is 14.7. The molecule has 4 fully saturated rings. The number of rotatable bonds is 2. The number of ether oxygens (including phenoxy) is 1. The fourth-order valence-electron chi connectivity index (χ4n) is 11.2. The minimum absolute atomic E-state index is 0.206. The molecule has 1 heterocycles. The van der Waals surface area contributed by atoms with Gasteiger partial charge in [0.15, 0.2) is 0 Å². The second kappa shape index (κ2) is 6.13. The van der Waals surface area contributed by atoms with Crippen molar-refractivity contribution in [3.8, 4) is 0 Å². The van der Waals surface area contributed by atoms with Gasteiger partial charge in [-0.15, -0.1) is 0 Å². The largest absolute Gasteiger partial charge is 0.495 e. The number of hydrogen-bond acceptors (Lipinski definition) is 2. The fourth-order valence-corrected chi connectivity index (χ4v) is 11.2. The van der Waals surface area contributed by atoms with E-state index >= 15 is 0 Å². The van der Waals surface area contributed by atoms with Gasteiger partial charge in [-0.2, -0.15) is 0 Å². The van der Waals surface area contributed by atoms with Crippen LogP contribution >= 0.6 is 0 Å². The summed E-state index contributed by atoms with van der Waals surface area (Å²) in [6, 6.07) is 0. The molecule has 4 saturated carbocycles. The highest BCUT2D eigenvalue weighted by molar-refractivity contribution is 5.37. The van der Waals surface area contributed by atoms with Gasteiger partial charge in [0.1, 0.15) is 6.10 Å². The molecule has 0 radical (unpaired) electrons. The summed E-state index contributed by atoms with van der Waals surface area (Å²) in [5.41, 5.74) is 3.27. The molecule has 0 aromatic carbocycles. The van der Waals surface area contributed by atoms with E-state index in [1.807, 2.05) is 13.8 Å². The molecule has 8 atom stereocenters. The van der Waals surface area contributed by atoms with E-state index in [0.717, 1.165) is 36.5 Å². The van der Waals surface area contributed by atoms with Crippen LogP contribution in [-0.2, 0) is 4.74 Å². The van der Waals surface area contributed by atoms with Crippen LogP contribution in [0.2, 0.25) is 0 Å². The first-order valence-corrected chi connectivity index (χ1v) is 13.6. The molecule has 5 aliphatic carbocycles. The Kier molecular flexibility index (Phi) is 4.17. The maximum absolute atomic E-state index is 10.3. The molecule has 2 heteroatoms. The lowest BCUT2D eigenvalue weighted by Crippen LogP contribution is -2.50. The lowest BCUT2D eigenvalue weighted by Gasteiger charge is -2.58. The smallest absolute Gasteiger partial charge is 0.101 e. The third kappa shape index (κ3) is 2.50. The van der Waals surface area contributed by atoms with Crippen LogP contribution in [0.5, 0.6) is 0 Å². The van der Waals surface area contributed by atoms with Crippen LogP contribution in [0.4, 0.5) is 0 Å². The number of fused-ring (bicyclic) bond motifs is 3. The molecule has 0 bridgehead atoms. The van der Waals surface area contributed by atoms with Crippen molar-refractivity contribution >= 4 is 0 Å². The summed E-state index contributed by atoms with van der Waals surface area (Å²) >= 11 is 0. The van der Waals surface area contributed by atoms with E-state index in [9.17, 15) is 5.11 Å². The Morgan fingerprint density at radius 1 is 0.968 bits per heavy atom. The van der Waals surface area contributed by atoms with E-state index in [1.165, 1.54) is 63.5 Å². The van der Waals surface area contributed by atoms with Gasteiger partial charge in [0.05, 0.1) is 11.4 Å². The average Bonchev–Trinajstić information content (AvgIpc) is 3.03. The summed E-state index contributed by atoms with van der Waals surface area (Å²) in [6.45, 7) is 14.3. The molecule has 6 aliphatic rings. The van der Waals surface area contributed by atoms with Crippen molar-refractivity contribution in [2.24, 2.45) is 45.3 Å². The highest BCUT2D eigenvalue weighted by Gasteiger charge is 2.83. The molecule has 3 unspecified atom stereocenters. The monoisotopic (exact) mass is 426 g/mol. The molecule has 1 N–H and O–H groups in total. The Morgan fingerprint density at radius 2 is 1.74 bits per heavy atom. The summed E-state index contributed by atoms with van der Waals surface area (Å²) in [5, 5.41) is 10.3. The van der Waals surface area contributed by atoms with Crippen LogP contribution in [0.25, 0.3) is 0 Å². The number of allylic oxidation sites excluding steroid dienone is 2. The van der Waals surface area contributed by atoms with Gasteiger partial charge in [-0.1, -0.05) is 34.1 Å². The molecule has 174 valence electrons. The first-order valence-electron chi connectivity index (χ1n) is 13.6. The van der Waals surface area contributed by atoms with Crippen LogP contribution in [0.1, 0.15) is 112 Å².